The lowest BCUT2D eigenvalue weighted by Crippen LogP contribution is -2.56. The number of pyridine rings is 3. The first kappa shape index (κ1) is 24.9. The molecule has 3 N–H and O–H groups in total. The topological polar surface area (TPSA) is 133 Å². The molecule has 0 aromatic carbocycles. The number of hydrogen-bond acceptors (Lipinski definition) is 9. The molecule has 0 bridgehead atoms. The number of nitrogens with zero attached hydrogens (tertiary/aromatic N) is 4. The number of hydrogen-bond donors (Lipinski definition) is 2. The lowest BCUT2D eigenvalue weighted by atomic mass is 9.93. The van der Waals surface area contributed by atoms with Gasteiger partial charge in [0.1, 0.15) is 23.8 Å². The van der Waals surface area contributed by atoms with Crippen LogP contribution >= 0.6 is 0 Å². The van der Waals surface area contributed by atoms with Gasteiger partial charge in [0, 0.05) is 30.3 Å². The van der Waals surface area contributed by atoms with Crippen LogP contribution in [0.5, 0.6) is 5.88 Å². The van der Waals surface area contributed by atoms with Crippen LogP contribution in [-0.2, 0) is 15.1 Å². The van der Waals surface area contributed by atoms with Gasteiger partial charge in [0.25, 0.3) is 0 Å². The van der Waals surface area contributed by atoms with Crippen LogP contribution in [-0.4, -0.2) is 57.0 Å². The van der Waals surface area contributed by atoms with E-state index >= 15 is 0 Å². The summed E-state index contributed by atoms with van der Waals surface area (Å²) in [5, 5.41) is 4.86. The van der Waals surface area contributed by atoms with Crippen molar-refractivity contribution in [1.29, 1.82) is 0 Å². The van der Waals surface area contributed by atoms with E-state index in [4.69, 9.17) is 20.2 Å². The number of cyclic esters (lactones) is 1. The summed E-state index contributed by atoms with van der Waals surface area (Å²) in [4.78, 5) is 39.7. The van der Waals surface area contributed by atoms with Gasteiger partial charge in [-0.3, -0.25) is 4.79 Å². The molecular formula is C27H32N6O4. The van der Waals surface area contributed by atoms with Crippen molar-refractivity contribution in [2.75, 3.05) is 18.4 Å². The fourth-order valence-electron chi connectivity index (χ4n) is 4.64. The van der Waals surface area contributed by atoms with Crippen molar-refractivity contribution >= 4 is 34.3 Å². The molecule has 0 saturated carbocycles. The predicted molar refractivity (Wildman–Crippen MR) is 139 cm³/mol. The fourth-order valence-corrected chi connectivity index (χ4v) is 4.64. The second kappa shape index (κ2) is 9.26. The highest BCUT2D eigenvalue weighted by molar-refractivity contribution is 5.93. The number of aromatic nitrogens is 3. The van der Waals surface area contributed by atoms with Gasteiger partial charge >= 0.3 is 5.97 Å². The molecule has 10 heteroatoms. The largest absolute Gasteiger partial charge is 0.470 e. The van der Waals surface area contributed by atoms with E-state index in [1.807, 2.05) is 40.7 Å². The number of ether oxygens (including phenoxy) is 2. The van der Waals surface area contributed by atoms with E-state index in [2.05, 4.69) is 15.3 Å². The Morgan fingerprint density at radius 2 is 1.95 bits per heavy atom. The number of nitrogens with two attached hydrogens (primary N) is 1. The summed E-state index contributed by atoms with van der Waals surface area (Å²) in [5.74, 6) is 1.35. The van der Waals surface area contributed by atoms with E-state index in [1.54, 1.807) is 29.4 Å². The van der Waals surface area contributed by atoms with E-state index in [-0.39, 0.29) is 30.0 Å². The van der Waals surface area contributed by atoms with E-state index in [0.29, 0.717) is 48.3 Å². The van der Waals surface area contributed by atoms with Crippen LogP contribution in [0.25, 0.3) is 10.8 Å². The maximum Gasteiger partial charge on any atom is 0.340 e. The zero-order valence-electron chi connectivity index (χ0n) is 21.7. The SMILES string of the molecule is CCC(=O)N1CC(Oc2ncc(C(C)(C)N)c3cc(Nc4ccc5c(n4)[C@@H](C)[C@H](C)OC5=O)ncc23)C1. The third-order valence-corrected chi connectivity index (χ3v) is 7.04. The molecule has 2 aliphatic heterocycles. The molecule has 1 fully saturated rings. The van der Waals surface area contributed by atoms with Crippen molar-refractivity contribution in [3.63, 3.8) is 0 Å². The summed E-state index contributed by atoms with van der Waals surface area (Å²) in [7, 11) is 0. The summed E-state index contributed by atoms with van der Waals surface area (Å²) in [6.45, 7) is 10.6. The first-order valence-corrected chi connectivity index (χ1v) is 12.6. The van der Waals surface area contributed by atoms with Crippen LogP contribution in [0.15, 0.2) is 30.6 Å². The Labute approximate surface area is 215 Å². The number of fused-ring (bicyclic) bond motifs is 2. The minimum atomic E-state index is -0.654. The fraction of sp³-hybridized carbons (Fsp3) is 0.444. The molecular weight excluding hydrogens is 472 g/mol. The van der Waals surface area contributed by atoms with Crippen LogP contribution in [0.3, 0.4) is 0 Å². The van der Waals surface area contributed by atoms with Gasteiger partial charge in [-0.15, -0.1) is 0 Å². The number of esters is 1. The number of carbonyl (C=O) groups excluding carboxylic acids is 2. The Kier molecular flexibility index (Phi) is 6.23. The first-order chi connectivity index (χ1) is 17.5. The molecule has 2 atom stereocenters. The van der Waals surface area contributed by atoms with E-state index < -0.39 is 5.54 Å². The van der Waals surface area contributed by atoms with Crippen LogP contribution in [0, 0.1) is 0 Å². The average molecular weight is 505 g/mol. The second-order valence-electron chi connectivity index (χ2n) is 10.4. The Bertz CT molecular complexity index is 1380. The molecule has 194 valence electrons. The minimum absolute atomic E-state index is 0.0236. The van der Waals surface area contributed by atoms with Crippen LogP contribution in [0.2, 0.25) is 0 Å². The maximum atomic E-state index is 12.2. The van der Waals surface area contributed by atoms with Crippen molar-refractivity contribution in [3.8, 4) is 5.88 Å². The zero-order valence-corrected chi connectivity index (χ0v) is 21.7. The van der Waals surface area contributed by atoms with Gasteiger partial charge in [-0.05, 0) is 49.9 Å². The van der Waals surface area contributed by atoms with Gasteiger partial charge < -0.3 is 25.4 Å². The van der Waals surface area contributed by atoms with Crippen molar-refractivity contribution < 1.29 is 19.1 Å². The summed E-state index contributed by atoms with van der Waals surface area (Å²) in [6.07, 6.45) is 3.57. The molecule has 3 aromatic heterocycles. The third-order valence-electron chi connectivity index (χ3n) is 7.04. The molecule has 0 spiro atoms. The molecule has 5 rings (SSSR count). The molecule has 0 radical (unpaired) electrons. The maximum absolute atomic E-state index is 12.2. The number of rotatable bonds is 6. The van der Waals surface area contributed by atoms with E-state index in [1.165, 1.54) is 0 Å². The number of amides is 1. The number of carbonyl (C=O) groups is 2. The predicted octanol–water partition coefficient (Wildman–Crippen LogP) is 3.62. The second-order valence-corrected chi connectivity index (χ2v) is 10.4. The van der Waals surface area contributed by atoms with Crippen LogP contribution in [0.1, 0.15) is 68.6 Å². The van der Waals surface area contributed by atoms with Crippen molar-refractivity contribution in [2.24, 2.45) is 5.73 Å². The molecule has 0 aliphatic carbocycles. The molecule has 1 amide bonds. The Morgan fingerprint density at radius 1 is 1.19 bits per heavy atom. The zero-order chi connectivity index (χ0) is 26.5. The van der Waals surface area contributed by atoms with Gasteiger partial charge in [-0.1, -0.05) is 13.8 Å². The lowest BCUT2D eigenvalue weighted by Gasteiger charge is -2.38. The monoisotopic (exact) mass is 504 g/mol. The van der Waals surface area contributed by atoms with Crippen molar-refractivity contribution in [1.82, 2.24) is 19.9 Å². The normalized spacial score (nSPS) is 19.7. The lowest BCUT2D eigenvalue weighted by molar-refractivity contribution is -0.139. The average Bonchev–Trinajstić information content (AvgIpc) is 2.83. The summed E-state index contributed by atoms with van der Waals surface area (Å²) >= 11 is 0. The molecule has 37 heavy (non-hydrogen) atoms. The quantitative estimate of drug-likeness (QED) is 0.483. The molecule has 2 aliphatic rings. The Hall–Kier alpha value is -3.79. The number of nitrogens with one attached hydrogen (secondary N) is 1. The first-order valence-electron chi connectivity index (χ1n) is 12.6. The molecule has 1 saturated heterocycles. The van der Waals surface area contributed by atoms with Crippen LogP contribution < -0.4 is 15.8 Å². The summed E-state index contributed by atoms with van der Waals surface area (Å²) in [5.41, 5.74) is 7.86. The standard InChI is InChI=1S/C27H32N6O4/c1-6-23(34)33-12-16(13-33)37-25-19-10-29-22(9-18(19)20(11-30-25)27(4,5)28)31-21-8-7-17-24(32-21)14(2)15(3)36-26(17)35/h7-11,14-16H,6,12-13,28H2,1-5H3,(H,29,31,32)/t14-,15-/m0/s1. The van der Waals surface area contributed by atoms with Gasteiger partial charge in [0.15, 0.2) is 0 Å². The molecule has 3 aromatic rings. The third kappa shape index (κ3) is 4.69. The van der Waals surface area contributed by atoms with Crippen LogP contribution in [0.4, 0.5) is 11.6 Å². The molecule has 0 unspecified atom stereocenters. The van der Waals surface area contributed by atoms with Gasteiger partial charge in [0.05, 0.1) is 29.7 Å². The summed E-state index contributed by atoms with van der Waals surface area (Å²) in [6, 6.07) is 5.37. The van der Waals surface area contributed by atoms with E-state index in [9.17, 15) is 9.59 Å². The highest BCUT2D eigenvalue weighted by atomic mass is 16.5. The Balaban J connectivity index is 1.45. The minimum Gasteiger partial charge on any atom is -0.470 e. The van der Waals surface area contributed by atoms with Gasteiger partial charge in [-0.25, -0.2) is 19.7 Å². The smallest absolute Gasteiger partial charge is 0.340 e. The molecule has 10 nitrogen and oxygen atoms in total. The van der Waals surface area contributed by atoms with Crippen molar-refractivity contribution in [2.45, 2.75) is 64.7 Å². The van der Waals surface area contributed by atoms with E-state index in [0.717, 1.165) is 16.3 Å². The highest BCUT2D eigenvalue weighted by Crippen LogP contribution is 2.35. The highest BCUT2D eigenvalue weighted by Gasteiger charge is 2.33. The number of likely N-dealkylation sites (tertiary alicyclic amines) is 1. The Morgan fingerprint density at radius 3 is 2.65 bits per heavy atom. The van der Waals surface area contributed by atoms with Crippen molar-refractivity contribution in [3.05, 3.63) is 47.4 Å². The summed E-state index contributed by atoms with van der Waals surface area (Å²) < 4.78 is 11.5. The number of anilines is 2. The van der Waals surface area contributed by atoms with Gasteiger partial charge in [0.2, 0.25) is 11.8 Å². The molecule has 5 heterocycles. The van der Waals surface area contributed by atoms with Gasteiger partial charge in [-0.2, -0.15) is 0 Å².